The monoisotopic (exact) mass is 497 g/mol. The molecular weight excluding hydrogens is 474 g/mol. The lowest BCUT2D eigenvalue weighted by molar-refractivity contribution is 0.385. The fourth-order valence-electron chi connectivity index (χ4n) is 5.09. The molecule has 2 aromatic carbocycles. The lowest BCUT2D eigenvalue weighted by Crippen LogP contribution is -2.06. The number of nitrogens with zero attached hydrogens (tertiary/aromatic N) is 4. The molecule has 36 heavy (non-hydrogen) atoms. The molecule has 0 unspecified atom stereocenters. The number of pyridine rings is 1. The third kappa shape index (κ3) is 3.95. The van der Waals surface area contributed by atoms with Crippen molar-refractivity contribution in [3.8, 4) is 0 Å². The summed E-state index contributed by atoms with van der Waals surface area (Å²) < 4.78 is 6.90. The van der Waals surface area contributed by atoms with Crippen LogP contribution in [0.25, 0.3) is 22.8 Å². The van der Waals surface area contributed by atoms with E-state index in [-0.39, 0.29) is 0 Å². The van der Waals surface area contributed by atoms with E-state index in [0.717, 1.165) is 58.5 Å². The number of benzene rings is 2. The highest BCUT2D eigenvalue weighted by molar-refractivity contribution is 6.29. The fraction of sp³-hybridized carbons (Fsp3) is 0.214. The van der Waals surface area contributed by atoms with Crippen molar-refractivity contribution in [2.45, 2.75) is 39.7 Å². The number of aromatic amines is 1. The van der Waals surface area contributed by atoms with Crippen molar-refractivity contribution in [1.82, 2.24) is 24.7 Å². The van der Waals surface area contributed by atoms with Crippen molar-refractivity contribution < 1.29 is 4.52 Å². The van der Waals surface area contributed by atoms with Crippen LogP contribution in [0.2, 0.25) is 5.15 Å². The third-order valence-corrected chi connectivity index (χ3v) is 6.96. The Kier molecular flexibility index (Phi) is 5.57. The van der Waals surface area contributed by atoms with Crippen LogP contribution in [0.15, 0.2) is 57.8 Å². The van der Waals surface area contributed by atoms with Crippen LogP contribution < -0.4 is 5.76 Å². The van der Waals surface area contributed by atoms with Crippen LogP contribution in [0.5, 0.6) is 0 Å². The van der Waals surface area contributed by atoms with Gasteiger partial charge in [-0.3, -0.25) is 9.51 Å². The number of aromatic nitrogens is 5. The number of H-pyrrole nitrogens is 1. The summed E-state index contributed by atoms with van der Waals surface area (Å²) >= 11 is 6.30. The number of hydrogen-bond acceptors (Lipinski definition) is 5. The van der Waals surface area contributed by atoms with Gasteiger partial charge in [-0.1, -0.05) is 66.1 Å². The first-order valence-electron chi connectivity index (χ1n) is 12.0. The zero-order valence-electron chi connectivity index (χ0n) is 20.0. The molecule has 3 aromatic heterocycles. The van der Waals surface area contributed by atoms with Crippen molar-refractivity contribution in [2.24, 2.45) is 0 Å². The quantitative estimate of drug-likeness (QED) is 0.337. The Bertz CT molecular complexity index is 1710. The highest BCUT2D eigenvalue weighted by Crippen LogP contribution is 2.35. The molecule has 6 rings (SSSR count). The molecule has 0 bridgehead atoms. The van der Waals surface area contributed by atoms with E-state index in [1.165, 1.54) is 16.7 Å². The van der Waals surface area contributed by atoms with Crippen molar-refractivity contribution in [3.63, 3.8) is 0 Å². The molecule has 1 aliphatic carbocycles. The van der Waals surface area contributed by atoms with Gasteiger partial charge in [-0.25, -0.2) is 14.8 Å². The molecule has 1 aliphatic rings. The number of imidazole rings is 1. The molecule has 8 heteroatoms. The van der Waals surface area contributed by atoms with Crippen LogP contribution in [-0.4, -0.2) is 24.7 Å². The van der Waals surface area contributed by atoms with Crippen LogP contribution >= 0.6 is 11.6 Å². The maximum Gasteiger partial charge on any atom is 0.439 e. The predicted molar refractivity (Wildman–Crippen MR) is 140 cm³/mol. The van der Waals surface area contributed by atoms with Gasteiger partial charge in [0.15, 0.2) is 11.5 Å². The molecule has 3 heterocycles. The van der Waals surface area contributed by atoms with E-state index in [1.54, 1.807) is 0 Å². The lowest BCUT2D eigenvalue weighted by atomic mass is 9.92. The smallest absolute Gasteiger partial charge is 0.308 e. The van der Waals surface area contributed by atoms with Gasteiger partial charge in [0.1, 0.15) is 16.5 Å². The Balaban J connectivity index is 1.46. The van der Waals surface area contributed by atoms with E-state index < -0.39 is 5.76 Å². The predicted octanol–water partition coefficient (Wildman–Crippen LogP) is 5.37. The van der Waals surface area contributed by atoms with Gasteiger partial charge >= 0.3 is 5.76 Å². The summed E-state index contributed by atoms with van der Waals surface area (Å²) in [5, 5.41) is 4.34. The van der Waals surface area contributed by atoms with E-state index in [0.29, 0.717) is 17.5 Å². The number of halogens is 1. The van der Waals surface area contributed by atoms with Gasteiger partial charge in [-0.15, -0.1) is 0 Å². The van der Waals surface area contributed by atoms with Gasteiger partial charge in [-0.05, 0) is 70.9 Å². The number of aryl methyl sites for hydroxylation is 4. The zero-order chi connectivity index (χ0) is 24.8. The van der Waals surface area contributed by atoms with Gasteiger partial charge in [-0.2, -0.15) is 0 Å². The highest BCUT2D eigenvalue weighted by Gasteiger charge is 2.20. The first-order chi connectivity index (χ1) is 17.5. The van der Waals surface area contributed by atoms with Crippen molar-refractivity contribution >= 4 is 34.4 Å². The fourth-order valence-corrected chi connectivity index (χ4v) is 5.34. The van der Waals surface area contributed by atoms with Crippen LogP contribution in [0, 0.1) is 6.92 Å². The molecule has 0 spiro atoms. The summed E-state index contributed by atoms with van der Waals surface area (Å²) in [4.78, 5) is 23.6. The molecule has 5 aromatic rings. The Labute approximate surface area is 212 Å². The normalized spacial score (nSPS) is 14.1. The molecule has 0 saturated carbocycles. The lowest BCUT2D eigenvalue weighted by Gasteiger charge is -2.14. The minimum atomic E-state index is -0.567. The highest BCUT2D eigenvalue weighted by atomic mass is 35.5. The van der Waals surface area contributed by atoms with Gasteiger partial charge in [0.05, 0.1) is 6.54 Å². The van der Waals surface area contributed by atoms with E-state index >= 15 is 0 Å². The van der Waals surface area contributed by atoms with Gasteiger partial charge in [0, 0.05) is 6.42 Å². The number of fused-ring (bicyclic) bond motifs is 3. The molecule has 0 atom stereocenters. The molecule has 7 nitrogen and oxygen atoms in total. The largest absolute Gasteiger partial charge is 0.439 e. The average molecular weight is 498 g/mol. The molecule has 0 saturated heterocycles. The Morgan fingerprint density at radius 2 is 1.89 bits per heavy atom. The zero-order valence-corrected chi connectivity index (χ0v) is 20.8. The number of nitrogens with one attached hydrogen (secondary N) is 1. The van der Waals surface area contributed by atoms with E-state index in [4.69, 9.17) is 21.1 Å². The summed E-state index contributed by atoms with van der Waals surface area (Å²) in [5.41, 5.74) is 9.68. The van der Waals surface area contributed by atoms with Crippen molar-refractivity contribution in [1.29, 1.82) is 0 Å². The number of rotatable bonds is 4. The third-order valence-electron chi connectivity index (χ3n) is 6.77. The second-order valence-electron chi connectivity index (χ2n) is 9.09. The van der Waals surface area contributed by atoms with Crippen LogP contribution in [0.4, 0.5) is 0 Å². The minimum absolute atomic E-state index is 0.400. The summed E-state index contributed by atoms with van der Waals surface area (Å²) in [5.74, 6) is 0.820. The van der Waals surface area contributed by atoms with E-state index in [1.807, 2.05) is 25.1 Å². The first-order valence-corrected chi connectivity index (χ1v) is 12.4. The van der Waals surface area contributed by atoms with Gasteiger partial charge in [0.25, 0.3) is 0 Å². The van der Waals surface area contributed by atoms with Crippen molar-refractivity contribution in [3.05, 3.63) is 109 Å². The molecule has 0 aliphatic heterocycles. The van der Waals surface area contributed by atoms with Crippen LogP contribution in [0.3, 0.4) is 0 Å². The van der Waals surface area contributed by atoms with Gasteiger partial charge < -0.3 is 4.57 Å². The summed E-state index contributed by atoms with van der Waals surface area (Å²) in [6, 6.07) is 16.8. The maximum absolute atomic E-state index is 11.5. The van der Waals surface area contributed by atoms with E-state index in [2.05, 4.69) is 63.0 Å². The van der Waals surface area contributed by atoms with Gasteiger partial charge in [0.2, 0.25) is 0 Å². The first kappa shape index (κ1) is 22.5. The molecule has 0 amide bonds. The average Bonchev–Trinajstić information content (AvgIpc) is 3.40. The topological polar surface area (TPSA) is 89.6 Å². The second-order valence-corrected chi connectivity index (χ2v) is 9.48. The molecule has 0 fully saturated rings. The maximum atomic E-state index is 11.5. The summed E-state index contributed by atoms with van der Waals surface area (Å²) in [7, 11) is 0. The molecule has 180 valence electrons. The Morgan fingerprint density at radius 1 is 1.08 bits per heavy atom. The molecule has 1 N–H and O–H groups in total. The number of hydrogen-bond donors (Lipinski definition) is 1. The molecular formula is C28H24ClN5O2. The second kappa shape index (κ2) is 8.91. The minimum Gasteiger partial charge on any atom is -0.308 e. The standard InChI is InChI=1S/C28H24ClN5O2/c1-3-25-32-26-16(2)12-23(29)30-27(26)34(25)15-17-8-11-21-19(13-17)10-9-18-6-4-5-7-20(18)22(21)14-24-31-28(35)36-33-24/h4-8,11-14H,3,9-10,15H2,1-2H3,(H,31,33,35)/b22-14+. The van der Waals surface area contributed by atoms with Crippen molar-refractivity contribution in [2.75, 3.05) is 0 Å². The van der Waals surface area contributed by atoms with E-state index in [9.17, 15) is 4.79 Å². The molecule has 0 radical (unpaired) electrons. The van der Waals surface area contributed by atoms with Crippen LogP contribution in [0.1, 0.15) is 52.0 Å². The summed E-state index contributed by atoms with van der Waals surface area (Å²) in [6.07, 6.45) is 4.52. The summed E-state index contributed by atoms with van der Waals surface area (Å²) in [6.45, 7) is 4.78. The Hall–Kier alpha value is -3.97. The Morgan fingerprint density at radius 3 is 2.69 bits per heavy atom. The van der Waals surface area contributed by atoms with Crippen LogP contribution in [-0.2, 0) is 25.8 Å². The SMILES string of the molecule is CCc1nc2c(C)cc(Cl)nc2n1Cc1ccc2c(c1)CCc1ccccc1/C2=C\c1noc(=O)[nH]1.